The highest BCUT2D eigenvalue weighted by atomic mass is 16.5. The molecular formula is C19H24O. The fourth-order valence-corrected chi connectivity index (χ4v) is 5.01. The van der Waals surface area contributed by atoms with Crippen LogP contribution in [0.4, 0.5) is 0 Å². The number of methoxy groups -OCH3 is 1. The van der Waals surface area contributed by atoms with Gasteiger partial charge in [-0.05, 0) is 78.7 Å². The Kier molecular flexibility index (Phi) is 2.73. The van der Waals surface area contributed by atoms with E-state index < -0.39 is 0 Å². The van der Waals surface area contributed by atoms with Crippen LogP contribution in [0.25, 0.3) is 5.57 Å². The lowest BCUT2D eigenvalue weighted by Gasteiger charge is -2.42. The number of ether oxygens (including phenoxy) is 1. The number of hydrogen-bond acceptors (Lipinski definition) is 1. The Balaban J connectivity index is 1.80. The van der Waals surface area contributed by atoms with Gasteiger partial charge in [0.2, 0.25) is 0 Å². The highest BCUT2D eigenvalue weighted by Crippen LogP contribution is 2.57. The topological polar surface area (TPSA) is 9.23 Å². The van der Waals surface area contributed by atoms with Crippen molar-refractivity contribution < 1.29 is 4.74 Å². The van der Waals surface area contributed by atoms with Gasteiger partial charge in [-0.15, -0.1) is 0 Å². The molecule has 1 aromatic rings. The van der Waals surface area contributed by atoms with E-state index in [-0.39, 0.29) is 0 Å². The smallest absolute Gasteiger partial charge is 0.119 e. The van der Waals surface area contributed by atoms with Crippen LogP contribution in [-0.4, -0.2) is 7.11 Å². The quantitative estimate of drug-likeness (QED) is 0.697. The Hall–Kier alpha value is -1.24. The standard InChI is InChI=1S/C19H24O/c1-19-10-3-4-18(19)17-7-5-13-12-14(20-2)6-8-15(13)16(17)9-11-19/h6,8,12,18H,3-5,7,9-11H2,1-2H3/t18-,19-/m0/s1. The summed E-state index contributed by atoms with van der Waals surface area (Å²) in [6.45, 7) is 2.54. The summed E-state index contributed by atoms with van der Waals surface area (Å²) in [5, 5.41) is 0. The van der Waals surface area contributed by atoms with E-state index in [0.717, 1.165) is 11.7 Å². The third-order valence-electron chi connectivity index (χ3n) is 6.14. The molecule has 4 rings (SSSR count). The predicted molar refractivity (Wildman–Crippen MR) is 82.9 cm³/mol. The van der Waals surface area contributed by atoms with Crippen molar-refractivity contribution in [2.24, 2.45) is 11.3 Å². The average molecular weight is 268 g/mol. The first-order chi connectivity index (χ1) is 9.71. The van der Waals surface area contributed by atoms with Gasteiger partial charge in [0.15, 0.2) is 0 Å². The van der Waals surface area contributed by atoms with Crippen molar-refractivity contribution in [3.8, 4) is 5.75 Å². The zero-order chi connectivity index (χ0) is 13.7. The Morgan fingerprint density at radius 1 is 1.15 bits per heavy atom. The van der Waals surface area contributed by atoms with E-state index in [4.69, 9.17) is 4.74 Å². The lowest BCUT2D eigenvalue weighted by atomic mass is 9.63. The van der Waals surface area contributed by atoms with E-state index in [1.807, 2.05) is 5.57 Å². The summed E-state index contributed by atoms with van der Waals surface area (Å²) < 4.78 is 5.39. The SMILES string of the molecule is COc1ccc2c(c1)CCC1=C2CC[C@]2(C)CCC[C@@H]12. The van der Waals surface area contributed by atoms with E-state index in [9.17, 15) is 0 Å². The lowest BCUT2D eigenvalue weighted by Crippen LogP contribution is -2.29. The summed E-state index contributed by atoms with van der Waals surface area (Å²) in [7, 11) is 1.76. The minimum atomic E-state index is 0.614. The van der Waals surface area contributed by atoms with Gasteiger partial charge in [-0.1, -0.05) is 25.0 Å². The molecule has 0 heterocycles. The molecule has 0 bridgehead atoms. The van der Waals surface area contributed by atoms with Crippen molar-refractivity contribution in [1.29, 1.82) is 0 Å². The molecule has 2 atom stereocenters. The molecule has 106 valence electrons. The molecule has 0 radical (unpaired) electrons. The fraction of sp³-hybridized carbons (Fsp3) is 0.579. The van der Waals surface area contributed by atoms with Crippen LogP contribution < -0.4 is 4.74 Å². The van der Waals surface area contributed by atoms with Gasteiger partial charge in [0.25, 0.3) is 0 Å². The molecule has 0 aliphatic heterocycles. The second-order valence-electron chi connectivity index (χ2n) is 7.13. The van der Waals surface area contributed by atoms with E-state index in [1.165, 1.54) is 56.1 Å². The number of allylic oxidation sites excluding steroid dienone is 2. The molecule has 1 aromatic carbocycles. The number of hydrogen-bond donors (Lipinski definition) is 0. The number of fused-ring (bicyclic) bond motifs is 4. The van der Waals surface area contributed by atoms with Gasteiger partial charge in [-0.2, -0.15) is 0 Å². The van der Waals surface area contributed by atoms with Gasteiger partial charge in [0.1, 0.15) is 5.75 Å². The van der Waals surface area contributed by atoms with Crippen LogP contribution in [0.5, 0.6) is 5.75 Å². The largest absolute Gasteiger partial charge is 0.497 e. The molecule has 0 N–H and O–H groups in total. The molecule has 1 fully saturated rings. The van der Waals surface area contributed by atoms with Crippen molar-refractivity contribution in [2.75, 3.05) is 7.11 Å². The van der Waals surface area contributed by atoms with E-state index >= 15 is 0 Å². The molecule has 0 aromatic heterocycles. The zero-order valence-electron chi connectivity index (χ0n) is 12.7. The summed E-state index contributed by atoms with van der Waals surface area (Å²) >= 11 is 0. The van der Waals surface area contributed by atoms with Gasteiger partial charge >= 0.3 is 0 Å². The molecule has 0 spiro atoms. The predicted octanol–water partition coefficient (Wildman–Crippen LogP) is 5.00. The second kappa shape index (κ2) is 4.38. The Bertz CT molecular complexity index is 583. The third-order valence-corrected chi connectivity index (χ3v) is 6.14. The van der Waals surface area contributed by atoms with Gasteiger partial charge in [0, 0.05) is 0 Å². The van der Waals surface area contributed by atoms with Crippen LogP contribution in [-0.2, 0) is 6.42 Å². The third kappa shape index (κ3) is 1.68. The fourth-order valence-electron chi connectivity index (χ4n) is 5.01. The van der Waals surface area contributed by atoms with E-state index in [0.29, 0.717) is 5.41 Å². The number of aryl methyl sites for hydroxylation is 1. The van der Waals surface area contributed by atoms with Gasteiger partial charge in [-0.3, -0.25) is 0 Å². The molecule has 3 aliphatic rings. The minimum absolute atomic E-state index is 0.614. The van der Waals surface area contributed by atoms with E-state index in [2.05, 4.69) is 25.1 Å². The molecular weight excluding hydrogens is 244 g/mol. The molecule has 0 saturated heterocycles. The van der Waals surface area contributed by atoms with Crippen LogP contribution in [0.3, 0.4) is 0 Å². The number of rotatable bonds is 1. The molecule has 1 nitrogen and oxygen atoms in total. The molecule has 0 amide bonds. The molecule has 0 unspecified atom stereocenters. The summed E-state index contributed by atoms with van der Waals surface area (Å²) in [4.78, 5) is 0. The second-order valence-corrected chi connectivity index (χ2v) is 7.13. The van der Waals surface area contributed by atoms with Gasteiger partial charge in [0.05, 0.1) is 7.11 Å². The van der Waals surface area contributed by atoms with Crippen LogP contribution >= 0.6 is 0 Å². The van der Waals surface area contributed by atoms with Crippen molar-refractivity contribution in [1.82, 2.24) is 0 Å². The zero-order valence-corrected chi connectivity index (χ0v) is 12.7. The van der Waals surface area contributed by atoms with Gasteiger partial charge in [-0.25, -0.2) is 0 Å². The maximum absolute atomic E-state index is 5.39. The summed E-state index contributed by atoms with van der Waals surface area (Å²) in [6.07, 6.45) is 9.50. The van der Waals surface area contributed by atoms with Crippen molar-refractivity contribution in [3.05, 3.63) is 34.9 Å². The maximum Gasteiger partial charge on any atom is 0.119 e. The highest BCUT2D eigenvalue weighted by molar-refractivity contribution is 5.75. The first kappa shape index (κ1) is 12.5. The Morgan fingerprint density at radius 3 is 2.90 bits per heavy atom. The maximum atomic E-state index is 5.39. The molecule has 1 saturated carbocycles. The monoisotopic (exact) mass is 268 g/mol. The minimum Gasteiger partial charge on any atom is -0.497 e. The molecule has 20 heavy (non-hydrogen) atoms. The van der Waals surface area contributed by atoms with Crippen molar-refractivity contribution in [2.45, 2.75) is 51.9 Å². The van der Waals surface area contributed by atoms with Crippen molar-refractivity contribution in [3.63, 3.8) is 0 Å². The Labute approximate surface area is 122 Å². The molecule has 3 aliphatic carbocycles. The molecule has 1 heteroatoms. The van der Waals surface area contributed by atoms with Crippen LogP contribution in [0, 0.1) is 11.3 Å². The summed E-state index contributed by atoms with van der Waals surface area (Å²) in [6, 6.07) is 6.69. The van der Waals surface area contributed by atoms with Crippen LogP contribution in [0.15, 0.2) is 23.8 Å². The summed E-state index contributed by atoms with van der Waals surface area (Å²) in [5.41, 5.74) is 7.15. The number of benzene rings is 1. The van der Waals surface area contributed by atoms with Crippen LogP contribution in [0.2, 0.25) is 0 Å². The summed E-state index contributed by atoms with van der Waals surface area (Å²) in [5.74, 6) is 1.89. The Morgan fingerprint density at radius 2 is 2.05 bits per heavy atom. The van der Waals surface area contributed by atoms with Crippen molar-refractivity contribution >= 4 is 5.57 Å². The lowest BCUT2D eigenvalue weighted by molar-refractivity contribution is 0.226. The average Bonchev–Trinajstić information content (AvgIpc) is 2.88. The van der Waals surface area contributed by atoms with Crippen LogP contribution in [0.1, 0.15) is 56.6 Å². The normalized spacial score (nSPS) is 31.6. The first-order valence-electron chi connectivity index (χ1n) is 8.10. The first-order valence-corrected chi connectivity index (χ1v) is 8.10. The van der Waals surface area contributed by atoms with E-state index in [1.54, 1.807) is 12.7 Å². The highest BCUT2D eigenvalue weighted by Gasteiger charge is 2.44. The van der Waals surface area contributed by atoms with Gasteiger partial charge < -0.3 is 4.74 Å².